The van der Waals surface area contributed by atoms with Gasteiger partial charge in [-0.25, -0.2) is 8.42 Å². The van der Waals surface area contributed by atoms with Crippen molar-refractivity contribution in [1.29, 1.82) is 0 Å². The highest BCUT2D eigenvalue weighted by molar-refractivity contribution is 7.89. The number of carboxylic acids is 1. The molecule has 3 N–H and O–H groups in total. The third-order valence-electron chi connectivity index (χ3n) is 2.50. The molecular formula is C12H15N2O6S-. The summed E-state index contributed by atoms with van der Waals surface area (Å²) in [7, 11) is -4.14. The average molecular weight is 315 g/mol. The van der Waals surface area contributed by atoms with E-state index in [4.69, 9.17) is 0 Å². The Bertz CT molecular complexity index is 624. The van der Waals surface area contributed by atoms with E-state index >= 15 is 0 Å². The fourth-order valence-corrected chi connectivity index (χ4v) is 2.76. The quantitative estimate of drug-likeness (QED) is 0.580. The summed E-state index contributed by atoms with van der Waals surface area (Å²) in [5.74, 6) is -2.04. The third kappa shape index (κ3) is 4.81. The Morgan fingerprint density at radius 1 is 1.24 bits per heavy atom. The lowest BCUT2D eigenvalue weighted by Gasteiger charge is -2.22. The van der Waals surface area contributed by atoms with Gasteiger partial charge in [-0.2, -0.15) is 4.72 Å². The molecule has 0 saturated heterocycles. The van der Waals surface area contributed by atoms with Crippen molar-refractivity contribution in [3.8, 4) is 0 Å². The number of carbonyl (C=O) groups is 2. The second-order valence-corrected chi connectivity index (χ2v) is 6.08. The Morgan fingerprint density at radius 2 is 1.76 bits per heavy atom. The first-order chi connectivity index (χ1) is 9.63. The lowest BCUT2D eigenvalue weighted by atomic mass is 10.2. The first kappa shape index (κ1) is 17.1. The van der Waals surface area contributed by atoms with Crippen LogP contribution in [0.2, 0.25) is 0 Å². The minimum absolute atomic E-state index is 0.205. The zero-order chi connectivity index (χ0) is 16.2. The zero-order valence-electron chi connectivity index (χ0n) is 11.4. The Balaban J connectivity index is 2.97. The topological polar surface area (TPSA) is 136 Å². The molecule has 0 aliphatic carbocycles. The normalized spacial score (nSPS) is 14.2. The number of aliphatic hydroxyl groups excluding tert-OH is 1. The van der Waals surface area contributed by atoms with Crippen LogP contribution in [0.4, 0.5) is 5.69 Å². The second-order valence-electron chi connectivity index (χ2n) is 4.36. The van der Waals surface area contributed by atoms with Gasteiger partial charge in [0, 0.05) is 12.6 Å². The lowest BCUT2D eigenvalue weighted by Crippen LogP contribution is -2.53. The van der Waals surface area contributed by atoms with Crippen LogP contribution in [0, 0.1) is 0 Å². The molecule has 0 fully saturated rings. The smallest absolute Gasteiger partial charge is 0.241 e. The number of sulfonamides is 1. The van der Waals surface area contributed by atoms with Gasteiger partial charge in [0.1, 0.15) is 0 Å². The monoisotopic (exact) mass is 315 g/mol. The molecular weight excluding hydrogens is 300 g/mol. The van der Waals surface area contributed by atoms with E-state index in [1.165, 1.54) is 31.2 Å². The lowest BCUT2D eigenvalue weighted by molar-refractivity contribution is -0.309. The van der Waals surface area contributed by atoms with Crippen molar-refractivity contribution in [3.05, 3.63) is 24.3 Å². The number of carboxylic acid groups (broad SMARTS) is 1. The Hall–Kier alpha value is -1.97. The molecule has 0 saturated carbocycles. The molecule has 21 heavy (non-hydrogen) atoms. The molecule has 1 amide bonds. The highest BCUT2D eigenvalue weighted by Crippen LogP contribution is 2.14. The van der Waals surface area contributed by atoms with Crippen LogP contribution in [0.3, 0.4) is 0 Å². The van der Waals surface area contributed by atoms with Crippen LogP contribution in [0.15, 0.2) is 29.2 Å². The maximum atomic E-state index is 12.0. The van der Waals surface area contributed by atoms with Crippen LogP contribution >= 0.6 is 0 Å². The maximum Gasteiger partial charge on any atom is 0.241 e. The van der Waals surface area contributed by atoms with Crippen molar-refractivity contribution in [2.24, 2.45) is 0 Å². The highest BCUT2D eigenvalue weighted by atomic mass is 32.2. The predicted octanol–water partition coefficient (Wildman–Crippen LogP) is -1.58. The van der Waals surface area contributed by atoms with Crippen molar-refractivity contribution in [2.45, 2.75) is 30.9 Å². The van der Waals surface area contributed by atoms with Gasteiger partial charge in [-0.05, 0) is 31.2 Å². The van der Waals surface area contributed by atoms with E-state index in [2.05, 4.69) is 5.32 Å². The van der Waals surface area contributed by atoms with Gasteiger partial charge in [0.2, 0.25) is 15.9 Å². The van der Waals surface area contributed by atoms with Crippen LogP contribution in [-0.4, -0.2) is 37.5 Å². The van der Waals surface area contributed by atoms with Gasteiger partial charge >= 0.3 is 0 Å². The third-order valence-corrected chi connectivity index (χ3v) is 3.96. The van der Waals surface area contributed by atoms with Crippen LogP contribution in [0.25, 0.3) is 0 Å². The molecule has 0 bridgehead atoms. The SMILES string of the molecule is CC(=O)Nc1ccc(S(=O)(=O)N[C@@H](C(=O)[O-])[C@@H](C)O)cc1. The van der Waals surface area contributed by atoms with Crippen molar-refractivity contribution >= 4 is 27.6 Å². The van der Waals surface area contributed by atoms with E-state index in [0.29, 0.717) is 5.69 Å². The largest absolute Gasteiger partial charge is 0.548 e. The summed E-state index contributed by atoms with van der Waals surface area (Å²) >= 11 is 0. The molecule has 0 radical (unpaired) electrons. The van der Waals surface area contributed by atoms with E-state index in [-0.39, 0.29) is 10.8 Å². The summed E-state index contributed by atoms with van der Waals surface area (Å²) in [6, 6.07) is 3.34. The van der Waals surface area contributed by atoms with Gasteiger partial charge in [0.25, 0.3) is 0 Å². The Labute approximate surface area is 121 Å². The van der Waals surface area contributed by atoms with E-state index in [9.17, 15) is 28.2 Å². The van der Waals surface area contributed by atoms with Crippen molar-refractivity contribution in [2.75, 3.05) is 5.32 Å². The minimum atomic E-state index is -4.14. The highest BCUT2D eigenvalue weighted by Gasteiger charge is 2.24. The van der Waals surface area contributed by atoms with E-state index in [0.717, 1.165) is 6.92 Å². The number of aliphatic hydroxyl groups is 1. The van der Waals surface area contributed by atoms with Gasteiger partial charge in [0.05, 0.1) is 23.0 Å². The Morgan fingerprint density at radius 3 is 2.14 bits per heavy atom. The predicted molar refractivity (Wildman–Crippen MR) is 71.5 cm³/mol. The number of aliphatic carboxylic acids is 1. The average Bonchev–Trinajstić information content (AvgIpc) is 2.35. The number of nitrogens with one attached hydrogen (secondary N) is 2. The summed E-state index contributed by atoms with van der Waals surface area (Å²) in [5.41, 5.74) is 0.397. The summed E-state index contributed by atoms with van der Waals surface area (Å²) < 4.78 is 25.8. The summed E-state index contributed by atoms with van der Waals surface area (Å²) in [5, 5.41) is 22.5. The summed E-state index contributed by atoms with van der Waals surface area (Å²) in [4.78, 5) is 21.4. The molecule has 1 aromatic rings. The van der Waals surface area contributed by atoms with Gasteiger partial charge in [-0.3, -0.25) is 4.79 Å². The van der Waals surface area contributed by atoms with Gasteiger partial charge in [-0.15, -0.1) is 0 Å². The molecule has 0 aliphatic rings. The first-order valence-corrected chi connectivity index (χ1v) is 7.40. The summed E-state index contributed by atoms with van der Waals surface area (Å²) in [6.07, 6.45) is -1.46. The van der Waals surface area contributed by atoms with E-state index in [1.807, 2.05) is 4.72 Å². The molecule has 9 heteroatoms. The molecule has 8 nitrogen and oxygen atoms in total. The van der Waals surface area contributed by atoms with E-state index in [1.54, 1.807) is 0 Å². The second kappa shape index (κ2) is 6.66. The van der Waals surface area contributed by atoms with E-state index < -0.39 is 28.1 Å². The van der Waals surface area contributed by atoms with Crippen LogP contribution in [-0.2, 0) is 19.6 Å². The molecule has 0 aromatic heterocycles. The van der Waals surface area contributed by atoms with Crippen molar-refractivity contribution < 1.29 is 28.2 Å². The summed E-state index contributed by atoms with van der Waals surface area (Å²) in [6.45, 7) is 2.43. The number of anilines is 1. The fraction of sp³-hybridized carbons (Fsp3) is 0.333. The zero-order valence-corrected chi connectivity index (χ0v) is 12.2. The standard InChI is InChI=1S/C12H16N2O6S/c1-7(15)11(12(17)18)14-21(19,20)10-5-3-9(4-6-10)13-8(2)16/h3-7,11,14-15H,1-2H3,(H,13,16)(H,17,18)/p-1/t7-,11-/m1/s1. The molecule has 2 atom stereocenters. The molecule has 116 valence electrons. The van der Waals surface area contributed by atoms with Crippen LogP contribution in [0.1, 0.15) is 13.8 Å². The number of carbonyl (C=O) groups excluding carboxylic acids is 2. The molecule has 0 spiro atoms. The number of rotatable bonds is 6. The number of hydrogen-bond acceptors (Lipinski definition) is 6. The van der Waals surface area contributed by atoms with Crippen molar-refractivity contribution in [3.63, 3.8) is 0 Å². The number of amides is 1. The molecule has 0 aliphatic heterocycles. The number of hydrogen-bond donors (Lipinski definition) is 3. The van der Waals surface area contributed by atoms with Gasteiger partial charge in [0.15, 0.2) is 0 Å². The van der Waals surface area contributed by atoms with Crippen molar-refractivity contribution in [1.82, 2.24) is 4.72 Å². The van der Waals surface area contributed by atoms with Gasteiger partial charge in [-0.1, -0.05) is 0 Å². The Kier molecular flexibility index (Phi) is 5.41. The van der Waals surface area contributed by atoms with Crippen LogP contribution in [0.5, 0.6) is 0 Å². The molecule has 1 rings (SSSR count). The molecule has 1 aromatic carbocycles. The first-order valence-electron chi connectivity index (χ1n) is 5.92. The maximum absolute atomic E-state index is 12.0. The minimum Gasteiger partial charge on any atom is -0.548 e. The van der Waals surface area contributed by atoms with Gasteiger partial charge < -0.3 is 20.3 Å². The molecule has 0 unspecified atom stereocenters. The number of benzene rings is 1. The fourth-order valence-electron chi connectivity index (χ4n) is 1.50. The molecule has 0 heterocycles. The van der Waals surface area contributed by atoms with Crippen LogP contribution < -0.4 is 15.1 Å².